The fraction of sp³-hybridized carbons (Fsp3) is 0.235. The molecule has 0 unspecified atom stereocenters. The largest absolute Gasteiger partial charge is 0.492 e. The van der Waals surface area contributed by atoms with Crippen LogP contribution in [0.25, 0.3) is 0 Å². The van der Waals surface area contributed by atoms with Crippen LogP contribution < -0.4 is 4.74 Å². The Bertz CT molecular complexity index is 653. The molecule has 0 atom stereocenters. The second-order valence-corrected chi connectivity index (χ2v) is 5.49. The van der Waals surface area contributed by atoms with Crippen LogP contribution in [0.2, 0.25) is 10.0 Å². The van der Waals surface area contributed by atoms with Gasteiger partial charge in [-0.15, -0.1) is 0 Å². The lowest BCUT2D eigenvalue weighted by Gasteiger charge is -2.07. The maximum Gasteiger partial charge on any atom is 0.137 e. The molecule has 0 radical (unpaired) electrons. The predicted molar refractivity (Wildman–Crippen MR) is 90.7 cm³/mol. The van der Waals surface area contributed by atoms with Gasteiger partial charge in [-0.25, -0.2) is 0 Å². The Morgan fingerprint density at radius 1 is 1.14 bits per heavy atom. The number of aliphatic imine (C=N–C) groups is 1. The Kier molecular flexibility index (Phi) is 5.66. The molecule has 4 heteroatoms. The molecule has 2 aromatic carbocycles. The Hall–Kier alpha value is -1.51. The van der Waals surface area contributed by atoms with Crippen molar-refractivity contribution in [2.75, 3.05) is 6.61 Å². The predicted octanol–water partition coefficient (Wildman–Crippen LogP) is 5.84. The number of nitrogens with zero attached hydrogens (tertiary/aromatic N) is 1. The second kappa shape index (κ2) is 7.48. The Morgan fingerprint density at radius 3 is 2.67 bits per heavy atom. The van der Waals surface area contributed by atoms with Crippen molar-refractivity contribution >= 4 is 35.1 Å². The van der Waals surface area contributed by atoms with E-state index >= 15 is 0 Å². The summed E-state index contributed by atoms with van der Waals surface area (Å²) >= 11 is 12.3. The maximum atomic E-state index is 6.20. The van der Waals surface area contributed by atoms with E-state index in [1.54, 1.807) is 6.21 Å². The van der Waals surface area contributed by atoms with Gasteiger partial charge in [0.05, 0.1) is 17.3 Å². The molecular formula is C17H17Cl2NO. The minimum Gasteiger partial charge on any atom is -0.492 e. The highest BCUT2D eigenvalue weighted by Crippen LogP contribution is 2.27. The zero-order valence-corrected chi connectivity index (χ0v) is 13.6. The summed E-state index contributed by atoms with van der Waals surface area (Å²) in [5.74, 6) is 0.703. The number of rotatable bonds is 5. The lowest BCUT2D eigenvalue weighted by molar-refractivity contribution is 0.317. The molecule has 2 aromatic rings. The first-order valence-corrected chi connectivity index (χ1v) is 7.59. The van der Waals surface area contributed by atoms with Crippen molar-refractivity contribution in [1.82, 2.24) is 0 Å². The van der Waals surface area contributed by atoms with Crippen LogP contribution in [0, 0.1) is 6.92 Å². The van der Waals surface area contributed by atoms with Crippen molar-refractivity contribution in [3.63, 3.8) is 0 Å². The normalized spacial score (nSPS) is 11.0. The highest BCUT2D eigenvalue weighted by Gasteiger charge is 2.03. The highest BCUT2D eigenvalue weighted by molar-refractivity contribution is 6.32. The summed E-state index contributed by atoms with van der Waals surface area (Å²) < 4.78 is 5.54. The molecule has 0 saturated carbocycles. The van der Waals surface area contributed by atoms with Crippen molar-refractivity contribution in [3.05, 3.63) is 57.6 Å². The topological polar surface area (TPSA) is 21.6 Å². The first-order chi connectivity index (χ1) is 10.1. The molecule has 21 heavy (non-hydrogen) atoms. The Labute approximate surface area is 135 Å². The summed E-state index contributed by atoms with van der Waals surface area (Å²) in [6.07, 6.45) is 2.72. The number of ether oxygens (including phenoxy) is 1. The molecular weight excluding hydrogens is 305 g/mol. The summed E-state index contributed by atoms with van der Waals surface area (Å²) in [7, 11) is 0. The number of benzene rings is 2. The van der Waals surface area contributed by atoms with E-state index < -0.39 is 0 Å². The van der Waals surface area contributed by atoms with Crippen LogP contribution in [-0.4, -0.2) is 12.8 Å². The summed E-state index contributed by atoms with van der Waals surface area (Å²) in [6.45, 7) is 4.67. The van der Waals surface area contributed by atoms with Gasteiger partial charge in [0, 0.05) is 11.2 Å². The Balaban J connectivity index is 2.18. The van der Waals surface area contributed by atoms with Gasteiger partial charge in [0.25, 0.3) is 0 Å². The second-order valence-electron chi connectivity index (χ2n) is 4.68. The molecule has 110 valence electrons. The van der Waals surface area contributed by atoms with Crippen LogP contribution in [0.1, 0.15) is 24.5 Å². The molecule has 0 bridgehead atoms. The molecule has 0 aromatic heterocycles. The van der Waals surface area contributed by atoms with E-state index in [2.05, 4.69) is 11.9 Å². The van der Waals surface area contributed by atoms with Gasteiger partial charge in [-0.2, -0.15) is 0 Å². The monoisotopic (exact) mass is 321 g/mol. The van der Waals surface area contributed by atoms with Crippen molar-refractivity contribution in [2.24, 2.45) is 4.99 Å². The van der Waals surface area contributed by atoms with Gasteiger partial charge >= 0.3 is 0 Å². The molecule has 0 amide bonds. The zero-order valence-electron chi connectivity index (χ0n) is 12.1. The van der Waals surface area contributed by atoms with Gasteiger partial charge < -0.3 is 4.74 Å². The fourth-order valence-corrected chi connectivity index (χ4v) is 2.22. The molecule has 0 N–H and O–H groups in total. The van der Waals surface area contributed by atoms with E-state index in [9.17, 15) is 0 Å². The van der Waals surface area contributed by atoms with Crippen molar-refractivity contribution in [1.29, 1.82) is 0 Å². The summed E-state index contributed by atoms with van der Waals surface area (Å²) in [5, 5.41) is 1.31. The smallest absolute Gasteiger partial charge is 0.137 e. The van der Waals surface area contributed by atoms with Gasteiger partial charge in [-0.05, 0) is 54.8 Å². The molecule has 2 rings (SSSR count). The van der Waals surface area contributed by atoms with Crippen LogP contribution in [0.4, 0.5) is 5.69 Å². The van der Waals surface area contributed by atoms with E-state index in [0.717, 1.165) is 23.2 Å². The van der Waals surface area contributed by atoms with Crippen LogP contribution in [0.3, 0.4) is 0 Å². The average molecular weight is 322 g/mol. The van der Waals surface area contributed by atoms with Crippen molar-refractivity contribution in [2.45, 2.75) is 20.3 Å². The fourth-order valence-electron chi connectivity index (χ4n) is 1.81. The molecule has 0 aliphatic carbocycles. The summed E-state index contributed by atoms with van der Waals surface area (Å²) in [4.78, 5) is 4.46. The molecule has 0 aliphatic rings. The standard InChI is InChI=1S/C17H17Cl2NO/c1-3-9-21-17-8-7-13(10-15(17)19)11-20-16-6-4-5-14(18)12(16)2/h4-8,10-11H,3,9H2,1-2H3. The minimum atomic E-state index is 0.593. The maximum absolute atomic E-state index is 6.20. The highest BCUT2D eigenvalue weighted by atomic mass is 35.5. The third-order valence-corrected chi connectivity index (χ3v) is 3.71. The number of hydrogen-bond acceptors (Lipinski definition) is 2. The molecule has 0 aliphatic heterocycles. The van der Waals surface area contributed by atoms with Crippen molar-refractivity contribution in [3.8, 4) is 5.75 Å². The van der Waals surface area contributed by atoms with Crippen molar-refractivity contribution < 1.29 is 4.74 Å². The van der Waals surface area contributed by atoms with Crippen LogP contribution in [-0.2, 0) is 0 Å². The number of hydrogen-bond donors (Lipinski definition) is 0. The van der Waals surface area contributed by atoms with Crippen LogP contribution in [0.5, 0.6) is 5.75 Å². The minimum absolute atomic E-state index is 0.593. The van der Waals surface area contributed by atoms with Gasteiger partial charge in [0.15, 0.2) is 0 Å². The first kappa shape index (κ1) is 15.9. The summed E-state index contributed by atoms with van der Waals surface area (Å²) in [6, 6.07) is 11.3. The van der Waals surface area contributed by atoms with Gasteiger partial charge in [-0.3, -0.25) is 4.99 Å². The third-order valence-electron chi connectivity index (χ3n) is 3.01. The quantitative estimate of drug-likeness (QED) is 0.634. The van der Waals surface area contributed by atoms with E-state index in [1.807, 2.05) is 43.3 Å². The van der Waals surface area contributed by atoms with Crippen LogP contribution in [0.15, 0.2) is 41.4 Å². The molecule has 2 nitrogen and oxygen atoms in total. The first-order valence-electron chi connectivity index (χ1n) is 6.83. The van der Waals surface area contributed by atoms with Crippen LogP contribution >= 0.6 is 23.2 Å². The van der Waals surface area contributed by atoms with Gasteiger partial charge in [-0.1, -0.05) is 36.2 Å². The van der Waals surface area contributed by atoms with Gasteiger partial charge in [0.1, 0.15) is 5.75 Å². The molecule has 0 saturated heterocycles. The molecule has 0 spiro atoms. The van der Waals surface area contributed by atoms with E-state index in [1.165, 1.54) is 0 Å². The van der Waals surface area contributed by atoms with E-state index in [-0.39, 0.29) is 0 Å². The average Bonchev–Trinajstić information content (AvgIpc) is 2.48. The van der Waals surface area contributed by atoms with E-state index in [4.69, 9.17) is 27.9 Å². The van der Waals surface area contributed by atoms with Gasteiger partial charge in [0.2, 0.25) is 0 Å². The molecule has 0 fully saturated rings. The SMILES string of the molecule is CCCOc1ccc(C=Nc2cccc(Cl)c2C)cc1Cl. The molecule has 0 heterocycles. The Morgan fingerprint density at radius 2 is 1.95 bits per heavy atom. The summed E-state index contributed by atoms with van der Waals surface area (Å²) in [5.41, 5.74) is 2.73. The number of halogens is 2. The third kappa shape index (κ3) is 4.23. The lowest BCUT2D eigenvalue weighted by atomic mass is 10.2. The van der Waals surface area contributed by atoms with E-state index in [0.29, 0.717) is 22.4 Å². The zero-order chi connectivity index (χ0) is 15.2. The lowest BCUT2D eigenvalue weighted by Crippen LogP contribution is -1.96.